The van der Waals surface area contributed by atoms with Crippen LogP contribution in [-0.4, -0.2) is 56.5 Å². The maximum Gasteiger partial charge on any atom is 0.269 e. The van der Waals surface area contributed by atoms with E-state index in [0.717, 1.165) is 23.3 Å². The minimum absolute atomic E-state index is 0.0862. The molecule has 5 N–H and O–H groups in total. The summed E-state index contributed by atoms with van der Waals surface area (Å²) in [5.41, 5.74) is 14.6. The van der Waals surface area contributed by atoms with Crippen LogP contribution in [0.4, 0.5) is 8.78 Å². The highest BCUT2D eigenvalue weighted by atomic mass is 32.2. The molecule has 1 fully saturated rings. The topological polar surface area (TPSA) is 140 Å². The van der Waals surface area contributed by atoms with Gasteiger partial charge in [0.05, 0.1) is 10.9 Å². The van der Waals surface area contributed by atoms with Crippen molar-refractivity contribution in [3.8, 4) is 5.75 Å². The monoisotopic (exact) mass is 555 g/mol. The molecule has 2 aliphatic heterocycles. The first-order valence-electron chi connectivity index (χ1n) is 12.9. The highest BCUT2D eigenvalue weighted by Gasteiger charge is 2.33. The molecule has 9 nitrogen and oxygen atoms in total. The van der Waals surface area contributed by atoms with Crippen LogP contribution in [0, 0.1) is 20.8 Å². The van der Waals surface area contributed by atoms with Crippen LogP contribution < -0.4 is 20.9 Å². The van der Waals surface area contributed by atoms with Gasteiger partial charge in [-0.1, -0.05) is 0 Å². The minimum atomic E-state index is -4.00. The Hall–Kier alpha value is -2.73. The number of guanidine groups is 1. The smallest absolute Gasteiger partial charge is 0.269 e. The van der Waals surface area contributed by atoms with Gasteiger partial charge in [0.15, 0.2) is 0 Å². The molecule has 2 aliphatic rings. The largest absolute Gasteiger partial charge is 0.487 e. The Labute approximate surface area is 223 Å². The average Bonchev–Trinajstić information content (AvgIpc) is 2.83. The van der Waals surface area contributed by atoms with E-state index in [-0.39, 0.29) is 60.4 Å². The molecule has 38 heavy (non-hydrogen) atoms. The SMILES string of the molecule is Cc1c(C)c(S(=O)(=O)NC(N)=NCCCC(N)C(=O)N2CCC(=C(F)F)CC2)c(C)c2c1OC(C)(C)CC2. The average molecular weight is 556 g/mol. The van der Waals surface area contributed by atoms with E-state index in [0.29, 0.717) is 30.4 Å². The standard InChI is InChI=1S/C26H39F2N5O4S/c1-15-16(2)22(17(3)19-8-11-26(4,5)37-21(15)19)38(35,36)32-25(30)31-12-6-7-20(29)24(34)33-13-9-18(10-14-33)23(27)28/h20H,6-14,29H2,1-5H3,(H3,30,31,32). The van der Waals surface area contributed by atoms with Crippen molar-refractivity contribution in [2.45, 2.75) is 89.7 Å². The number of carbonyl (C=O) groups is 1. The maximum absolute atomic E-state index is 13.3. The van der Waals surface area contributed by atoms with Crippen LogP contribution in [0.5, 0.6) is 5.75 Å². The van der Waals surface area contributed by atoms with Gasteiger partial charge in [0, 0.05) is 19.6 Å². The molecule has 3 rings (SSSR count). The summed E-state index contributed by atoms with van der Waals surface area (Å²) < 4.78 is 60.5. The summed E-state index contributed by atoms with van der Waals surface area (Å²) in [6.45, 7) is 10.0. The van der Waals surface area contributed by atoms with Crippen molar-refractivity contribution >= 4 is 21.9 Å². The van der Waals surface area contributed by atoms with Gasteiger partial charge >= 0.3 is 0 Å². The normalized spacial score (nSPS) is 18.5. The van der Waals surface area contributed by atoms with Gasteiger partial charge in [-0.2, -0.15) is 8.78 Å². The Kier molecular flexibility index (Phi) is 9.08. The third-order valence-electron chi connectivity index (χ3n) is 7.39. The third-order valence-corrected chi connectivity index (χ3v) is 9.02. The number of sulfonamides is 1. The Morgan fingerprint density at radius 1 is 1.13 bits per heavy atom. The number of hydrogen-bond donors (Lipinski definition) is 3. The number of carbonyl (C=O) groups excluding carboxylic acids is 1. The fraction of sp³-hybridized carbons (Fsp3) is 0.615. The molecule has 0 aromatic heterocycles. The number of nitrogens with zero attached hydrogens (tertiary/aromatic N) is 2. The lowest BCUT2D eigenvalue weighted by Crippen LogP contribution is -2.46. The van der Waals surface area contributed by atoms with Crippen molar-refractivity contribution in [3.63, 3.8) is 0 Å². The van der Waals surface area contributed by atoms with Gasteiger partial charge in [0.25, 0.3) is 16.1 Å². The molecule has 1 amide bonds. The van der Waals surface area contributed by atoms with E-state index in [2.05, 4.69) is 9.71 Å². The fourth-order valence-corrected chi connectivity index (χ4v) is 6.55. The third kappa shape index (κ3) is 6.63. The van der Waals surface area contributed by atoms with E-state index >= 15 is 0 Å². The van der Waals surface area contributed by atoms with Crippen molar-refractivity contribution in [1.29, 1.82) is 0 Å². The molecule has 0 bridgehead atoms. The first kappa shape index (κ1) is 29.8. The summed E-state index contributed by atoms with van der Waals surface area (Å²) >= 11 is 0. The van der Waals surface area contributed by atoms with E-state index in [4.69, 9.17) is 16.2 Å². The molecule has 0 spiro atoms. The van der Waals surface area contributed by atoms with Gasteiger partial charge in [-0.05, 0) is 101 Å². The summed E-state index contributed by atoms with van der Waals surface area (Å²) in [5.74, 6) is 0.209. The van der Waals surface area contributed by atoms with Crippen molar-refractivity contribution in [2.24, 2.45) is 16.5 Å². The molecule has 0 radical (unpaired) electrons. The Balaban J connectivity index is 1.60. The number of nitrogens with one attached hydrogen (secondary N) is 1. The predicted octanol–water partition coefficient (Wildman–Crippen LogP) is 3.19. The van der Waals surface area contributed by atoms with E-state index in [9.17, 15) is 22.0 Å². The second-order valence-electron chi connectivity index (χ2n) is 10.7. The zero-order chi connectivity index (χ0) is 28.4. The van der Waals surface area contributed by atoms with Crippen molar-refractivity contribution in [1.82, 2.24) is 9.62 Å². The number of fused-ring (bicyclic) bond motifs is 1. The molecule has 1 unspecified atom stereocenters. The second kappa shape index (κ2) is 11.6. The molecule has 1 atom stereocenters. The summed E-state index contributed by atoms with van der Waals surface area (Å²) in [5, 5.41) is 0. The van der Waals surface area contributed by atoms with Gasteiger partial charge in [-0.3, -0.25) is 9.79 Å². The number of ether oxygens (including phenoxy) is 1. The van der Waals surface area contributed by atoms with Crippen LogP contribution in [0.25, 0.3) is 0 Å². The number of hydrogen-bond acceptors (Lipinski definition) is 6. The highest BCUT2D eigenvalue weighted by Crippen LogP contribution is 2.42. The molecule has 2 heterocycles. The molecular formula is C26H39F2N5O4S. The molecule has 1 saturated heterocycles. The number of halogens is 2. The maximum atomic E-state index is 13.3. The van der Waals surface area contributed by atoms with Gasteiger partial charge in [-0.25, -0.2) is 13.1 Å². The van der Waals surface area contributed by atoms with Gasteiger partial charge in [0.1, 0.15) is 11.4 Å². The number of amides is 1. The molecule has 212 valence electrons. The van der Waals surface area contributed by atoms with Crippen LogP contribution in [0.1, 0.15) is 68.2 Å². The van der Waals surface area contributed by atoms with Crippen LogP contribution >= 0.6 is 0 Å². The molecule has 0 aliphatic carbocycles. The molecule has 0 saturated carbocycles. The molecular weight excluding hydrogens is 516 g/mol. The Morgan fingerprint density at radius 2 is 1.76 bits per heavy atom. The zero-order valence-electron chi connectivity index (χ0n) is 22.8. The lowest BCUT2D eigenvalue weighted by Gasteiger charge is -2.35. The Morgan fingerprint density at radius 3 is 2.37 bits per heavy atom. The Bertz CT molecular complexity index is 1250. The van der Waals surface area contributed by atoms with E-state index < -0.39 is 22.1 Å². The van der Waals surface area contributed by atoms with E-state index in [1.807, 2.05) is 20.8 Å². The van der Waals surface area contributed by atoms with Crippen LogP contribution in [0.3, 0.4) is 0 Å². The summed E-state index contributed by atoms with van der Waals surface area (Å²) in [6.07, 6.45) is 0.815. The van der Waals surface area contributed by atoms with Gasteiger partial charge < -0.3 is 21.1 Å². The van der Waals surface area contributed by atoms with Crippen LogP contribution in [0.2, 0.25) is 0 Å². The number of rotatable bonds is 7. The lowest BCUT2D eigenvalue weighted by molar-refractivity contribution is -0.133. The van der Waals surface area contributed by atoms with Crippen LogP contribution in [-0.2, 0) is 21.2 Å². The summed E-state index contributed by atoms with van der Waals surface area (Å²) in [7, 11) is -4.00. The van der Waals surface area contributed by atoms with Gasteiger partial charge in [-0.15, -0.1) is 0 Å². The molecule has 1 aromatic rings. The van der Waals surface area contributed by atoms with E-state index in [1.165, 1.54) is 4.90 Å². The fourth-order valence-electron chi connectivity index (χ4n) is 5.03. The van der Waals surface area contributed by atoms with Crippen molar-refractivity contribution < 1.29 is 26.7 Å². The van der Waals surface area contributed by atoms with Crippen LogP contribution in [0.15, 0.2) is 21.5 Å². The minimum Gasteiger partial charge on any atom is -0.487 e. The zero-order valence-corrected chi connectivity index (χ0v) is 23.6. The number of benzene rings is 1. The molecule has 1 aromatic carbocycles. The number of piperidine rings is 1. The van der Waals surface area contributed by atoms with E-state index in [1.54, 1.807) is 13.8 Å². The first-order valence-corrected chi connectivity index (χ1v) is 14.3. The number of likely N-dealkylation sites (tertiary alicyclic amines) is 1. The second-order valence-corrected chi connectivity index (χ2v) is 12.3. The lowest BCUT2D eigenvalue weighted by atomic mass is 9.88. The summed E-state index contributed by atoms with van der Waals surface area (Å²) in [4.78, 5) is 18.3. The summed E-state index contributed by atoms with van der Waals surface area (Å²) in [6, 6.07) is -0.792. The predicted molar refractivity (Wildman–Crippen MR) is 143 cm³/mol. The number of aliphatic imine (C=N–C) groups is 1. The first-order chi connectivity index (χ1) is 17.6. The van der Waals surface area contributed by atoms with Crippen molar-refractivity contribution in [2.75, 3.05) is 19.6 Å². The molecule has 12 heteroatoms. The van der Waals surface area contributed by atoms with Gasteiger partial charge in [0.2, 0.25) is 11.9 Å². The quantitative estimate of drug-likeness (QED) is 0.268. The highest BCUT2D eigenvalue weighted by molar-refractivity contribution is 7.90. The van der Waals surface area contributed by atoms with Crippen molar-refractivity contribution in [3.05, 3.63) is 33.9 Å². The number of nitrogens with two attached hydrogens (primary N) is 2.